The highest BCUT2D eigenvalue weighted by atomic mass is 79.9. The molecule has 7 heteroatoms. The largest absolute Gasteiger partial charge is 0.388 e. The predicted octanol–water partition coefficient (Wildman–Crippen LogP) is 0.587. The second kappa shape index (κ2) is 6.53. The number of hydrogen-bond donors (Lipinski definition) is 2. The van der Waals surface area contributed by atoms with Crippen LogP contribution in [0.5, 0.6) is 0 Å². The van der Waals surface area contributed by atoms with Crippen molar-refractivity contribution >= 4 is 15.9 Å². The molecule has 0 aromatic carbocycles. The fraction of sp³-hybridized carbons (Fsp3) is 0.400. The first-order valence-corrected chi connectivity index (χ1v) is 5.73. The molecule has 0 saturated carbocycles. The van der Waals surface area contributed by atoms with Gasteiger partial charge in [-0.1, -0.05) is 0 Å². The number of aryl methyl sites for hydroxylation is 1. The highest BCUT2D eigenvalue weighted by Gasteiger charge is 1.99. The zero-order chi connectivity index (χ0) is 12.8. The van der Waals surface area contributed by atoms with Crippen molar-refractivity contribution in [1.29, 1.82) is 0 Å². The summed E-state index contributed by atoms with van der Waals surface area (Å²) in [4.78, 5) is 7.75. The first kappa shape index (κ1) is 13.9. The molecule has 0 spiro atoms. The van der Waals surface area contributed by atoms with Crippen molar-refractivity contribution in [2.24, 2.45) is 14.1 Å². The number of hydrogen-bond acceptors (Lipinski definition) is 4. The van der Waals surface area contributed by atoms with E-state index in [1.807, 2.05) is 14.1 Å². The van der Waals surface area contributed by atoms with E-state index in [4.69, 9.17) is 10.2 Å². The number of rotatable bonds is 2. The van der Waals surface area contributed by atoms with Crippen LogP contribution in [0.1, 0.15) is 11.6 Å². The Bertz CT molecular complexity index is 467. The van der Waals surface area contributed by atoms with Crippen LogP contribution in [-0.2, 0) is 27.3 Å². The summed E-state index contributed by atoms with van der Waals surface area (Å²) in [7, 11) is 3.68. The summed E-state index contributed by atoms with van der Waals surface area (Å²) in [6.45, 7) is 0.00556. The Morgan fingerprint density at radius 2 is 1.82 bits per heavy atom. The molecule has 0 aliphatic rings. The summed E-state index contributed by atoms with van der Waals surface area (Å²) in [5.41, 5.74) is 0. The monoisotopic (exact) mass is 302 g/mol. The minimum Gasteiger partial charge on any atom is -0.388 e. The summed E-state index contributed by atoms with van der Waals surface area (Å²) in [5, 5.41) is 17.2. The molecule has 17 heavy (non-hydrogen) atoms. The number of aliphatic hydroxyl groups excluding tert-OH is 2. The third kappa shape index (κ3) is 3.65. The van der Waals surface area contributed by atoms with Crippen LogP contribution in [0.15, 0.2) is 23.2 Å². The van der Waals surface area contributed by atoms with Gasteiger partial charge in [-0.3, -0.25) is 0 Å². The van der Waals surface area contributed by atoms with Crippen LogP contribution in [0.3, 0.4) is 0 Å². The molecular formula is C10H15BrN4O2. The molecule has 2 aromatic rings. The van der Waals surface area contributed by atoms with E-state index in [9.17, 15) is 0 Å². The van der Waals surface area contributed by atoms with Gasteiger partial charge in [0.05, 0.1) is 6.20 Å². The second-order valence-electron chi connectivity index (χ2n) is 3.33. The molecule has 0 aliphatic heterocycles. The van der Waals surface area contributed by atoms with Crippen LogP contribution < -0.4 is 0 Å². The van der Waals surface area contributed by atoms with E-state index >= 15 is 0 Å². The average molecular weight is 303 g/mol. The molecule has 94 valence electrons. The van der Waals surface area contributed by atoms with Crippen LogP contribution in [0.25, 0.3) is 0 Å². The Balaban J connectivity index is 0.000000171. The SMILES string of the molecule is Cn1c(Br)cnc1CO.Cn1ccnc1CO. The van der Waals surface area contributed by atoms with Gasteiger partial charge in [-0.2, -0.15) is 0 Å². The Morgan fingerprint density at radius 3 is 2.06 bits per heavy atom. The summed E-state index contributed by atoms with van der Waals surface area (Å²) in [5.74, 6) is 1.37. The summed E-state index contributed by atoms with van der Waals surface area (Å²) in [6.07, 6.45) is 5.11. The van der Waals surface area contributed by atoms with Gasteiger partial charge in [0.25, 0.3) is 0 Å². The van der Waals surface area contributed by atoms with Crippen molar-refractivity contribution in [3.8, 4) is 0 Å². The van der Waals surface area contributed by atoms with E-state index < -0.39 is 0 Å². The van der Waals surface area contributed by atoms with Gasteiger partial charge in [-0.25, -0.2) is 9.97 Å². The van der Waals surface area contributed by atoms with Crippen molar-refractivity contribution in [3.05, 3.63) is 34.8 Å². The lowest BCUT2D eigenvalue weighted by molar-refractivity contribution is 0.267. The Kier molecular flexibility index (Phi) is 5.33. The topological polar surface area (TPSA) is 76.1 Å². The lowest BCUT2D eigenvalue weighted by atomic mass is 10.6. The Hall–Kier alpha value is -1.18. The number of halogens is 1. The van der Waals surface area contributed by atoms with Gasteiger partial charge in [-0.05, 0) is 15.9 Å². The predicted molar refractivity (Wildman–Crippen MR) is 66.0 cm³/mol. The lowest BCUT2D eigenvalue weighted by Gasteiger charge is -1.95. The highest BCUT2D eigenvalue weighted by Crippen LogP contribution is 2.09. The van der Waals surface area contributed by atoms with E-state index in [1.54, 1.807) is 27.7 Å². The van der Waals surface area contributed by atoms with Gasteiger partial charge in [0.1, 0.15) is 29.5 Å². The first-order valence-electron chi connectivity index (χ1n) is 4.94. The maximum Gasteiger partial charge on any atom is 0.135 e. The van der Waals surface area contributed by atoms with E-state index in [0.717, 1.165) is 4.60 Å². The van der Waals surface area contributed by atoms with Crippen molar-refractivity contribution in [2.75, 3.05) is 0 Å². The Labute approximate surface area is 108 Å². The molecule has 0 fully saturated rings. The van der Waals surface area contributed by atoms with E-state index in [2.05, 4.69) is 25.9 Å². The van der Waals surface area contributed by atoms with Crippen LogP contribution >= 0.6 is 15.9 Å². The zero-order valence-corrected chi connectivity index (χ0v) is 11.3. The number of aromatic nitrogens is 4. The summed E-state index contributed by atoms with van der Waals surface area (Å²) in [6, 6.07) is 0. The molecule has 0 radical (unpaired) electrons. The fourth-order valence-corrected chi connectivity index (χ4v) is 1.43. The van der Waals surface area contributed by atoms with Gasteiger partial charge in [0.15, 0.2) is 0 Å². The van der Waals surface area contributed by atoms with E-state index in [0.29, 0.717) is 11.6 Å². The normalized spacial score (nSPS) is 9.94. The maximum atomic E-state index is 8.63. The van der Waals surface area contributed by atoms with Crippen LogP contribution in [0.2, 0.25) is 0 Å². The molecule has 2 rings (SSSR count). The van der Waals surface area contributed by atoms with Crippen LogP contribution in [0, 0.1) is 0 Å². The molecule has 6 nitrogen and oxygen atoms in total. The average Bonchev–Trinajstić information content (AvgIpc) is 2.88. The van der Waals surface area contributed by atoms with Crippen molar-refractivity contribution in [3.63, 3.8) is 0 Å². The summed E-state index contributed by atoms with van der Waals surface area (Å²) < 4.78 is 4.44. The minimum atomic E-state index is -0.0118. The molecule has 0 saturated heterocycles. The van der Waals surface area contributed by atoms with Crippen LogP contribution in [-0.4, -0.2) is 29.3 Å². The van der Waals surface area contributed by atoms with Gasteiger partial charge < -0.3 is 19.3 Å². The zero-order valence-electron chi connectivity index (χ0n) is 9.71. The van der Waals surface area contributed by atoms with Gasteiger partial charge in [0, 0.05) is 26.5 Å². The number of nitrogens with zero attached hydrogens (tertiary/aromatic N) is 4. The van der Waals surface area contributed by atoms with Gasteiger partial charge in [-0.15, -0.1) is 0 Å². The lowest BCUT2D eigenvalue weighted by Crippen LogP contribution is -1.96. The second-order valence-corrected chi connectivity index (χ2v) is 4.14. The van der Waals surface area contributed by atoms with Crippen molar-refractivity contribution < 1.29 is 10.2 Å². The van der Waals surface area contributed by atoms with E-state index in [1.165, 1.54) is 0 Å². The molecule has 0 amide bonds. The smallest absolute Gasteiger partial charge is 0.135 e. The van der Waals surface area contributed by atoms with Crippen molar-refractivity contribution in [2.45, 2.75) is 13.2 Å². The molecule has 2 heterocycles. The summed E-state index contributed by atoms with van der Waals surface area (Å²) >= 11 is 3.25. The molecule has 0 atom stereocenters. The molecule has 0 aliphatic carbocycles. The quantitative estimate of drug-likeness (QED) is 0.851. The molecule has 2 aromatic heterocycles. The third-order valence-electron chi connectivity index (χ3n) is 2.23. The van der Waals surface area contributed by atoms with Crippen molar-refractivity contribution in [1.82, 2.24) is 19.1 Å². The molecular weight excluding hydrogens is 288 g/mol. The number of aliphatic hydroxyl groups is 2. The van der Waals surface area contributed by atoms with E-state index in [-0.39, 0.29) is 13.2 Å². The maximum absolute atomic E-state index is 8.63. The van der Waals surface area contributed by atoms with Crippen LogP contribution in [0.4, 0.5) is 0 Å². The highest BCUT2D eigenvalue weighted by molar-refractivity contribution is 9.10. The number of imidazole rings is 2. The Morgan fingerprint density at radius 1 is 1.18 bits per heavy atom. The third-order valence-corrected chi connectivity index (χ3v) is 2.97. The minimum absolute atomic E-state index is 0.0118. The molecule has 0 bridgehead atoms. The van der Waals surface area contributed by atoms with Gasteiger partial charge >= 0.3 is 0 Å². The fourth-order valence-electron chi connectivity index (χ4n) is 1.12. The molecule has 0 unspecified atom stereocenters. The molecule has 2 N–H and O–H groups in total. The first-order chi connectivity index (χ1) is 8.10. The standard InChI is InChI=1S/C5H7BrN2O.C5H8N2O/c1-8-4(6)2-7-5(8)3-9;1-7-3-2-6-5(7)4-8/h2,9H,3H2,1H3;2-3,8H,4H2,1H3. The van der Waals surface area contributed by atoms with Gasteiger partial charge in [0.2, 0.25) is 0 Å².